The second-order valence-corrected chi connectivity index (χ2v) is 3.87. The van der Waals surface area contributed by atoms with Gasteiger partial charge in [-0.15, -0.1) is 0 Å². The average Bonchev–Trinajstić information content (AvgIpc) is 3.02. The molecule has 3 aromatic heterocycles. The van der Waals surface area contributed by atoms with Crippen molar-refractivity contribution in [2.24, 2.45) is 0 Å². The van der Waals surface area contributed by atoms with E-state index in [4.69, 9.17) is 11.6 Å². The second kappa shape index (κ2) is 4.03. The first-order valence-corrected chi connectivity index (χ1v) is 5.38. The Morgan fingerprint density at radius 3 is 1.82 bits per heavy atom. The van der Waals surface area contributed by atoms with Crippen LogP contribution in [0.15, 0.2) is 36.9 Å². The fourth-order valence-electron chi connectivity index (χ4n) is 1.55. The van der Waals surface area contributed by atoms with E-state index in [2.05, 4.69) is 24.9 Å². The van der Waals surface area contributed by atoms with Crippen molar-refractivity contribution in [1.29, 1.82) is 0 Å². The van der Waals surface area contributed by atoms with Gasteiger partial charge in [-0.2, -0.15) is 0 Å². The highest BCUT2D eigenvalue weighted by Gasteiger charge is 2.08. The molecule has 0 unspecified atom stereocenters. The molecule has 0 radical (unpaired) electrons. The van der Waals surface area contributed by atoms with E-state index in [9.17, 15) is 0 Å². The molecule has 3 rings (SSSR count). The van der Waals surface area contributed by atoms with Crippen molar-refractivity contribution in [3.63, 3.8) is 0 Å². The maximum absolute atomic E-state index is 6.06. The van der Waals surface area contributed by atoms with Crippen LogP contribution in [0.25, 0.3) is 23.0 Å². The van der Waals surface area contributed by atoms with E-state index < -0.39 is 0 Å². The lowest BCUT2D eigenvalue weighted by Gasteiger charge is -2.01. The number of H-pyrrole nitrogens is 2. The predicted molar refractivity (Wildman–Crippen MR) is 64.4 cm³/mol. The topological polar surface area (TPSA) is 70.2 Å². The molecule has 3 aromatic rings. The largest absolute Gasteiger partial charge is 0.343 e. The number of rotatable bonds is 2. The summed E-state index contributed by atoms with van der Waals surface area (Å²) in [5.74, 6) is 1.36. The summed E-state index contributed by atoms with van der Waals surface area (Å²) < 4.78 is 0. The number of pyridine rings is 1. The van der Waals surface area contributed by atoms with Crippen molar-refractivity contribution in [1.82, 2.24) is 24.9 Å². The number of hydrogen-bond donors (Lipinski definition) is 2. The maximum atomic E-state index is 6.06. The Morgan fingerprint density at radius 1 is 0.882 bits per heavy atom. The van der Waals surface area contributed by atoms with Crippen LogP contribution in [0.1, 0.15) is 0 Å². The molecule has 0 aliphatic rings. The van der Waals surface area contributed by atoms with Gasteiger partial charge in [-0.1, -0.05) is 11.6 Å². The monoisotopic (exact) mass is 245 g/mol. The quantitative estimate of drug-likeness (QED) is 0.729. The van der Waals surface area contributed by atoms with Gasteiger partial charge < -0.3 is 9.97 Å². The number of nitrogens with zero attached hydrogens (tertiary/aromatic N) is 3. The van der Waals surface area contributed by atoms with Crippen LogP contribution in [0.2, 0.25) is 5.02 Å². The summed E-state index contributed by atoms with van der Waals surface area (Å²) in [5.41, 5.74) is 1.38. The average molecular weight is 246 g/mol. The standard InChI is InChI=1S/C11H8ClN5/c12-7-5-8(10-13-1-2-14-10)17-9(6-7)11-15-3-4-16-11/h1-6H,(H,13,14)(H,15,16). The van der Waals surface area contributed by atoms with Gasteiger partial charge in [0, 0.05) is 29.8 Å². The Kier molecular flexibility index (Phi) is 2.38. The fourth-order valence-corrected chi connectivity index (χ4v) is 1.76. The molecule has 0 aliphatic carbocycles. The zero-order chi connectivity index (χ0) is 11.7. The normalized spacial score (nSPS) is 10.6. The summed E-state index contributed by atoms with van der Waals surface area (Å²) in [4.78, 5) is 18.7. The summed E-state index contributed by atoms with van der Waals surface area (Å²) in [6.45, 7) is 0. The Bertz CT molecular complexity index is 563. The summed E-state index contributed by atoms with van der Waals surface area (Å²) in [6, 6.07) is 3.51. The number of nitrogens with one attached hydrogen (secondary N) is 2. The van der Waals surface area contributed by atoms with E-state index >= 15 is 0 Å². The van der Waals surface area contributed by atoms with Crippen LogP contribution in [0.4, 0.5) is 0 Å². The molecule has 0 saturated carbocycles. The SMILES string of the molecule is Clc1cc(-c2ncc[nH]2)nc(-c2ncc[nH]2)c1. The second-order valence-electron chi connectivity index (χ2n) is 3.43. The Morgan fingerprint density at radius 2 is 1.41 bits per heavy atom. The van der Waals surface area contributed by atoms with Crippen molar-refractivity contribution < 1.29 is 0 Å². The molecule has 0 atom stereocenters. The van der Waals surface area contributed by atoms with Crippen LogP contribution < -0.4 is 0 Å². The molecule has 0 aromatic carbocycles. The van der Waals surface area contributed by atoms with E-state index in [1.165, 1.54) is 0 Å². The van der Waals surface area contributed by atoms with Crippen LogP contribution in [0.3, 0.4) is 0 Å². The predicted octanol–water partition coefficient (Wildman–Crippen LogP) is 2.52. The van der Waals surface area contributed by atoms with Gasteiger partial charge >= 0.3 is 0 Å². The molecule has 17 heavy (non-hydrogen) atoms. The first-order valence-electron chi connectivity index (χ1n) is 5.00. The summed E-state index contributed by atoms with van der Waals surface area (Å²) in [6.07, 6.45) is 6.82. The minimum Gasteiger partial charge on any atom is -0.343 e. The lowest BCUT2D eigenvalue weighted by Crippen LogP contribution is -1.91. The van der Waals surface area contributed by atoms with Crippen LogP contribution in [0, 0.1) is 0 Å². The Balaban J connectivity index is 2.13. The van der Waals surface area contributed by atoms with E-state index in [-0.39, 0.29) is 0 Å². The summed E-state index contributed by atoms with van der Waals surface area (Å²) >= 11 is 6.06. The third-order valence-corrected chi connectivity index (χ3v) is 2.49. The van der Waals surface area contributed by atoms with Crippen molar-refractivity contribution in [3.8, 4) is 23.0 Å². The first kappa shape index (κ1) is 10.0. The molecule has 3 heterocycles. The van der Waals surface area contributed by atoms with E-state index in [1.807, 2.05) is 0 Å². The number of aromatic amines is 2. The van der Waals surface area contributed by atoms with Crippen LogP contribution in [-0.4, -0.2) is 24.9 Å². The Labute approximate surface area is 102 Å². The summed E-state index contributed by atoms with van der Waals surface area (Å²) in [7, 11) is 0. The molecule has 84 valence electrons. The fraction of sp³-hybridized carbons (Fsp3) is 0. The molecule has 0 fully saturated rings. The molecule has 5 nitrogen and oxygen atoms in total. The third-order valence-electron chi connectivity index (χ3n) is 2.27. The number of imidazole rings is 2. The Hall–Kier alpha value is -2.14. The van der Waals surface area contributed by atoms with Crippen molar-refractivity contribution >= 4 is 11.6 Å². The van der Waals surface area contributed by atoms with E-state index in [0.717, 1.165) is 0 Å². The smallest absolute Gasteiger partial charge is 0.156 e. The highest BCUT2D eigenvalue weighted by atomic mass is 35.5. The lowest BCUT2D eigenvalue weighted by atomic mass is 10.3. The van der Waals surface area contributed by atoms with Crippen LogP contribution >= 0.6 is 11.6 Å². The lowest BCUT2D eigenvalue weighted by molar-refractivity contribution is 1.19. The first-order chi connectivity index (χ1) is 8.33. The van der Waals surface area contributed by atoms with Crippen LogP contribution in [0.5, 0.6) is 0 Å². The van der Waals surface area contributed by atoms with Gasteiger partial charge in [0.1, 0.15) is 11.4 Å². The zero-order valence-electron chi connectivity index (χ0n) is 8.68. The van der Waals surface area contributed by atoms with Gasteiger partial charge in [0.05, 0.1) is 0 Å². The van der Waals surface area contributed by atoms with E-state index in [0.29, 0.717) is 28.1 Å². The molecular weight excluding hydrogens is 238 g/mol. The number of hydrogen-bond acceptors (Lipinski definition) is 3. The molecular formula is C11H8ClN5. The number of aromatic nitrogens is 5. The highest BCUT2D eigenvalue weighted by molar-refractivity contribution is 6.31. The molecule has 0 bridgehead atoms. The van der Waals surface area contributed by atoms with Gasteiger partial charge in [0.25, 0.3) is 0 Å². The van der Waals surface area contributed by atoms with Gasteiger partial charge in [-0.25, -0.2) is 15.0 Å². The van der Waals surface area contributed by atoms with Gasteiger partial charge in [0.2, 0.25) is 0 Å². The molecule has 0 spiro atoms. The van der Waals surface area contributed by atoms with E-state index in [1.54, 1.807) is 36.9 Å². The minimum absolute atomic E-state index is 0.595. The van der Waals surface area contributed by atoms with Crippen molar-refractivity contribution in [3.05, 3.63) is 41.9 Å². The highest BCUT2D eigenvalue weighted by Crippen LogP contribution is 2.23. The maximum Gasteiger partial charge on any atom is 0.156 e. The van der Waals surface area contributed by atoms with Gasteiger partial charge in [-0.05, 0) is 12.1 Å². The molecule has 2 N–H and O–H groups in total. The van der Waals surface area contributed by atoms with Crippen molar-refractivity contribution in [2.75, 3.05) is 0 Å². The molecule has 0 aliphatic heterocycles. The minimum atomic E-state index is 0.595. The number of halogens is 1. The zero-order valence-corrected chi connectivity index (χ0v) is 9.44. The summed E-state index contributed by atoms with van der Waals surface area (Å²) in [5, 5.41) is 0.595. The molecule has 6 heteroatoms. The van der Waals surface area contributed by atoms with Crippen molar-refractivity contribution in [2.45, 2.75) is 0 Å². The van der Waals surface area contributed by atoms with Gasteiger partial charge in [0.15, 0.2) is 11.6 Å². The third kappa shape index (κ3) is 1.92. The van der Waals surface area contributed by atoms with Crippen LogP contribution in [-0.2, 0) is 0 Å². The molecule has 0 amide bonds. The molecule has 0 saturated heterocycles. The van der Waals surface area contributed by atoms with Gasteiger partial charge in [-0.3, -0.25) is 0 Å².